The van der Waals surface area contributed by atoms with Crippen molar-refractivity contribution in [1.82, 2.24) is 0 Å². The molecule has 0 aliphatic rings. The first-order chi connectivity index (χ1) is 8.97. The molecule has 0 fully saturated rings. The van der Waals surface area contributed by atoms with Gasteiger partial charge >= 0.3 is 6.18 Å². The molecule has 2 N–H and O–H groups in total. The molecule has 1 nitrogen and oxygen atoms in total. The fourth-order valence-electron chi connectivity index (χ4n) is 1.61. The van der Waals surface area contributed by atoms with Gasteiger partial charge in [0.15, 0.2) is 0 Å². The monoisotopic (exact) mass is 283 g/mol. The standard InChI is InChI=1S/C14H12F3NS/c15-14(16,17)12-8-11(6-7-13(12)18)19-9-10-4-2-1-3-5-10/h1-8H,9,18H2. The van der Waals surface area contributed by atoms with Crippen LogP contribution in [0.5, 0.6) is 0 Å². The third-order valence-electron chi connectivity index (χ3n) is 2.58. The Kier molecular flexibility index (Phi) is 4.04. The van der Waals surface area contributed by atoms with E-state index in [-0.39, 0.29) is 5.69 Å². The van der Waals surface area contributed by atoms with Crippen molar-refractivity contribution in [3.63, 3.8) is 0 Å². The predicted octanol–water partition coefficient (Wildman–Crippen LogP) is 4.58. The normalized spacial score (nSPS) is 11.5. The van der Waals surface area contributed by atoms with Crippen LogP contribution in [0.25, 0.3) is 0 Å². The molecule has 0 saturated carbocycles. The topological polar surface area (TPSA) is 26.0 Å². The van der Waals surface area contributed by atoms with Gasteiger partial charge < -0.3 is 5.73 Å². The van der Waals surface area contributed by atoms with Crippen LogP contribution in [-0.4, -0.2) is 0 Å². The van der Waals surface area contributed by atoms with Crippen LogP contribution in [0, 0.1) is 0 Å². The van der Waals surface area contributed by atoms with Crippen molar-refractivity contribution < 1.29 is 13.2 Å². The van der Waals surface area contributed by atoms with Crippen LogP contribution in [0.15, 0.2) is 53.4 Å². The molecule has 100 valence electrons. The Morgan fingerprint density at radius 1 is 1.00 bits per heavy atom. The number of alkyl halides is 3. The zero-order valence-corrected chi connectivity index (χ0v) is 10.8. The molecule has 0 spiro atoms. The third kappa shape index (κ3) is 3.67. The van der Waals surface area contributed by atoms with Gasteiger partial charge in [0.05, 0.1) is 5.56 Å². The van der Waals surface area contributed by atoms with Crippen LogP contribution >= 0.6 is 11.8 Å². The largest absolute Gasteiger partial charge is 0.418 e. The summed E-state index contributed by atoms with van der Waals surface area (Å²) in [6, 6.07) is 13.6. The van der Waals surface area contributed by atoms with Crippen LogP contribution in [0.2, 0.25) is 0 Å². The summed E-state index contributed by atoms with van der Waals surface area (Å²) in [4.78, 5) is 0.561. The molecule has 2 aromatic rings. The zero-order valence-electron chi connectivity index (χ0n) is 9.95. The number of anilines is 1. The number of rotatable bonds is 3. The highest BCUT2D eigenvalue weighted by atomic mass is 32.2. The molecular formula is C14H12F3NS. The van der Waals surface area contributed by atoms with Crippen molar-refractivity contribution in [3.05, 3.63) is 59.7 Å². The minimum atomic E-state index is -4.41. The minimum absolute atomic E-state index is 0.239. The quantitative estimate of drug-likeness (QED) is 0.659. The van der Waals surface area contributed by atoms with E-state index in [4.69, 9.17) is 5.73 Å². The molecule has 0 aromatic heterocycles. The molecule has 0 aliphatic heterocycles. The number of thioether (sulfide) groups is 1. The smallest absolute Gasteiger partial charge is 0.398 e. The van der Waals surface area contributed by atoms with Crippen molar-refractivity contribution in [3.8, 4) is 0 Å². The van der Waals surface area contributed by atoms with Crippen LogP contribution in [0.1, 0.15) is 11.1 Å². The van der Waals surface area contributed by atoms with Crippen molar-refractivity contribution in [2.24, 2.45) is 0 Å². The van der Waals surface area contributed by atoms with Gasteiger partial charge in [-0.1, -0.05) is 30.3 Å². The average Bonchev–Trinajstić information content (AvgIpc) is 2.37. The van der Waals surface area contributed by atoms with E-state index in [1.165, 1.54) is 17.8 Å². The van der Waals surface area contributed by atoms with Crippen molar-refractivity contribution in [2.75, 3.05) is 5.73 Å². The van der Waals surface area contributed by atoms with Gasteiger partial charge in [0.2, 0.25) is 0 Å². The first-order valence-corrected chi connectivity index (χ1v) is 6.59. The van der Waals surface area contributed by atoms with E-state index < -0.39 is 11.7 Å². The zero-order chi connectivity index (χ0) is 13.9. The lowest BCUT2D eigenvalue weighted by Gasteiger charge is -2.11. The lowest BCUT2D eigenvalue weighted by molar-refractivity contribution is -0.137. The first kappa shape index (κ1) is 13.8. The van der Waals surface area contributed by atoms with Crippen molar-refractivity contribution >= 4 is 17.4 Å². The summed E-state index contributed by atoms with van der Waals surface area (Å²) in [6.07, 6.45) is -4.41. The molecule has 0 aliphatic carbocycles. The second-order valence-electron chi connectivity index (χ2n) is 4.02. The van der Waals surface area contributed by atoms with E-state index in [2.05, 4.69) is 0 Å². The van der Waals surface area contributed by atoms with Gasteiger partial charge in [0, 0.05) is 16.3 Å². The average molecular weight is 283 g/mol. The highest BCUT2D eigenvalue weighted by Crippen LogP contribution is 2.36. The Balaban J connectivity index is 2.14. The number of nitrogens with two attached hydrogens (primary N) is 1. The van der Waals surface area contributed by atoms with Gasteiger partial charge in [-0.05, 0) is 23.8 Å². The molecule has 5 heteroatoms. The van der Waals surface area contributed by atoms with Crippen LogP contribution in [-0.2, 0) is 11.9 Å². The Hall–Kier alpha value is -1.62. The van der Waals surface area contributed by atoms with Crippen LogP contribution in [0.4, 0.5) is 18.9 Å². The maximum atomic E-state index is 12.7. The van der Waals surface area contributed by atoms with Gasteiger partial charge in [-0.25, -0.2) is 0 Å². The lowest BCUT2D eigenvalue weighted by atomic mass is 10.2. The summed E-state index contributed by atoms with van der Waals surface area (Å²) in [7, 11) is 0. The summed E-state index contributed by atoms with van der Waals surface area (Å²) in [5.74, 6) is 0.627. The van der Waals surface area contributed by atoms with Gasteiger partial charge in [-0.2, -0.15) is 13.2 Å². The highest BCUT2D eigenvalue weighted by Gasteiger charge is 2.33. The number of nitrogen functional groups attached to an aromatic ring is 1. The van der Waals surface area contributed by atoms with Crippen molar-refractivity contribution in [1.29, 1.82) is 0 Å². The van der Waals surface area contributed by atoms with E-state index in [1.807, 2.05) is 30.3 Å². The molecule has 2 rings (SSSR count). The van der Waals surface area contributed by atoms with E-state index in [0.29, 0.717) is 10.6 Å². The number of halogens is 3. The summed E-state index contributed by atoms with van der Waals surface area (Å²) in [6.45, 7) is 0. The molecule has 0 bridgehead atoms. The third-order valence-corrected chi connectivity index (χ3v) is 3.64. The molecule has 0 amide bonds. The van der Waals surface area contributed by atoms with E-state index in [9.17, 15) is 13.2 Å². The van der Waals surface area contributed by atoms with Gasteiger partial charge in [-0.3, -0.25) is 0 Å². The number of benzene rings is 2. The van der Waals surface area contributed by atoms with E-state index >= 15 is 0 Å². The first-order valence-electron chi connectivity index (χ1n) is 5.60. The molecule has 0 unspecified atom stereocenters. The van der Waals surface area contributed by atoms with Gasteiger partial charge in [0.1, 0.15) is 0 Å². The van der Waals surface area contributed by atoms with Gasteiger partial charge in [-0.15, -0.1) is 11.8 Å². The highest BCUT2D eigenvalue weighted by molar-refractivity contribution is 7.98. The predicted molar refractivity (Wildman–Crippen MR) is 71.9 cm³/mol. The van der Waals surface area contributed by atoms with E-state index in [0.717, 1.165) is 11.6 Å². The molecule has 0 atom stereocenters. The Morgan fingerprint density at radius 3 is 2.32 bits per heavy atom. The lowest BCUT2D eigenvalue weighted by Crippen LogP contribution is -2.08. The molecule has 2 aromatic carbocycles. The Morgan fingerprint density at radius 2 is 1.68 bits per heavy atom. The van der Waals surface area contributed by atoms with Crippen LogP contribution < -0.4 is 5.73 Å². The molecule has 19 heavy (non-hydrogen) atoms. The summed E-state index contributed by atoms with van der Waals surface area (Å²) >= 11 is 1.36. The Labute approximate surface area is 113 Å². The summed E-state index contributed by atoms with van der Waals surface area (Å²) < 4.78 is 38.1. The minimum Gasteiger partial charge on any atom is -0.398 e. The second-order valence-corrected chi connectivity index (χ2v) is 5.07. The fraction of sp³-hybridized carbons (Fsp3) is 0.143. The van der Waals surface area contributed by atoms with Gasteiger partial charge in [0.25, 0.3) is 0 Å². The summed E-state index contributed by atoms with van der Waals surface area (Å²) in [5, 5.41) is 0. The molecule has 0 saturated heterocycles. The molecule has 0 radical (unpaired) electrons. The van der Waals surface area contributed by atoms with Crippen molar-refractivity contribution in [2.45, 2.75) is 16.8 Å². The maximum Gasteiger partial charge on any atom is 0.418 e. The Bertz CT molecular complexity index is 552. The van der Waals surface area contributed by atoms with Crippen LogP contribution in [0.3, 0.4) is 0 Å². The molecule has 0 heterocycles. The number of hydrogen-bond donors (Lipinski definition) is 1. The maximum absolute atomic E-state index is 12.7. The SMILES string of the molecule is Nc1ccc(SCc2ccccc2)cc1C(F)(F)F. The van der Waals surface area contributed by atoms with E-state index in [1.54, 1.807) is 6.07 Å². The molecular weight excluding hydrogens is 271 g/mol. The number of hydrogen-bond acceptors (Lipinski definition) is 2. The fourth-order valence-corrected chi connectivity index (χ4v) is 2.50. The second kappa shape index (κ2) is 5.57. The summed E-state index contributed by atoms with van der Waals surface area (Å²) in [5.41, 5.74) is 5.41.